The van der Waals surface area contributed by atoms with Crippen molar-refractivity contribution in [2.24, 2.45) is 4.99 Å². The lowest BCUT2D eigenvalue weighted by atomic mass is 10.0. The van der Waals surface area contributed by atoms with Gasteiger partial charge in [0.2, 0.25) is 0 Å². The fraction of sp³-hybridized carbons (Fsp3) is 0.167. The first-order chi connectivity index (χ1) is 10.2. The van der Waals surface area contributed by atoms with Crippen molar-refractivity contribution < 1.29 is 9.84 Å². The van der Waals surface area contributed by atoms with E-state index in [9.17, 15) is 5.11 Å². The molecule has 0 saturated carbocycles. The Bertz CT molecular complexity index is 575. The van der Waals surface area contributed by atoms with E-state index in [0.717, 1.165) is 16.8 Å². The number of nitrogens with zero attached hydrogens (tertiary/aromatic N) is 1. The first kappa shape index (κ1) is 14.9. The van der Waals surface area contributed by atoms with E-state index in [0.29, 0.717) is 0 Å². The van der Waals surface area contributed by atoms with Crippen molar-refractivity contribution in [1.29, 1.82) is 0 Å². The van der Waals surface area contributed by atoms with Gasteiger partial charge < -0.3 is 9.84 Å². The molecule has 0 amide bonds. The van der Waals surface area contributed by atoms with Gasteiger partial charge in [0, 0.05) is 17.3 Å². The van der Waals surface area contributed by atoms with Crippen molar-refractivity contribution in [2.45, 2.75) is 20.0 Å². The molecule has 0 saturated heterocycles. The number of ether oxygens (including phenoxy) is 1. The Morgan fingerprint density at radius 1 is 0.952 bits per heavy atom. The van der Waals surface area contributed by atoms with Gasteiger partial charge in [0.1, 0.15) is 0 Å². The largest absolute Gasteiger partial charge is 0.609 e. The molecular weight excluding hydrogens is 262 g/mol. The lowest BCUT2D eigenvalue weighted by Crippen LogP contribution is -2.13. The lowest BCUT2D eigenvalue weighted by Gasteiger charge is -2.18. The van der Waals surface area contributed by atoms with Crippen LogP contribution in [0.2, 0.25) is 0 Å². The second-order valence-corrected chi connectivity index (χ2v) is 4.82. The highest BCUT2D eigenvalue weighted by Gasteiger charge is 2.04. The number of rotatable bonds is 5. The van der Waals surface area contributed by atoms with Crippen LogP contribution in [0.4, 0.5) is 0 Å². The third-order valence-corrected chi connectivity index (χ3v) is 2.75. The monoisotopic (exact) mass is 280 g/mol. The van der Waals surface area contributed by atoms with E-state index in [4.69, 9.17) is 4.74 Å². The van der Waals surface area contributed by atoms with Gasteiger partial charge in [-0.3, -0.25) is 4.99 Å². The predicted molar refractivity (Wildman–Crippen MR) is 82.8 cm³/mol. The fourth-order valence-electron chi connectivity index (χ4n) is 1.89. The zero-order valence-corrected chi connectivity index (χ0v) is 12.2. The van der Waals surface area contributed by atoms with Gasteiger partial charge in [-0.1, -0.05) is 74.5 Å². The summed E-state index contributed by atoms with van der Waals surface area (Å²) in [6.45, 7) is 3.62. The average Bonchev–Trinajstić information content (AvgIpc) is 2.49. The predicted octanol–water partition coefficient (Wildman–Crippen LogP) is 3.11. The van der Waals surface area contributed by atoms with Crippen molar-refractivity contribution in [3.8, 4) is 0 Å². The van der Waals surface area contributed by atoms with Crippen LogP contribution in [0.15, 0.2) is 77.8 Å². The van der Waals surface area contributed by atoms with Crippen molar-refractivity contribution in [1.82, 2.24) is 0 Å². The Kier molecular flexibility index (Phi) is 5.16. The summed E-state index contributed by atoms with van der Waals surface area (Å²) in [5.74, 6) is -0.436. The van der Waals surface area contributed by atoms with Crippen molar-refractivity contribution in [3.63, 3.8) is 0 Å². The molecular formula is C18H18NO2-. The highest BCUT2D eigenvalue weighted by molar-refractivity contribution is 6.13. The van der Waals surface area contributed by atoms with Gasteiger partial charge in [0.05, 0.1) is 11.7 Å². The number of hydrogen-bond donors (Lipinski definition) is 0. The molecule has 2 aromatic carbocycles. The minimum Gasteiger partial charge on any atom is -0.609 e. The molecule has 108 valence electrons. The summed E-state index contributed by atoms with van der Waals surface area (Å²) in [6.07, 6.45) is 1.08. The molecule has 0 fully saturated rings. The Morgan fingerprint density at radius 2 is 1.43 bits per heavy atom. The molecule has 3 heteroatoms. The summed E-state index contributed by atoms with van der Waals surface area (Å²) in [5.41, 5.74) is 2.66. The van der Waals surface area contributed by atoms with E-state index in [1.165, 1.54) is 6.20 Å². The van der Waals surface area contributed by atoms with Crippen LogP contribution < -0.4 is 5.11 Å². The van der Waals surface area contributed by atoms with Crippen molar-refractivity contribution in [2.75, 3.05) is 0 Å². The zero-order valence-electron chi connectivity index (χ0n) is 12.2. The molecule has 0 aliphatic carbocycles. The summed E-state index contributed by atoms with van der Waals surface area (Å²) in [4.78, 5) is 4.33. The molecule has 21 heavy (non-hydrogen) atoms. The summed E-state index contributed by atoms with van der Waals surface area (Å²) < 4.78 is 5.07. The number of aliphatic imine (C=N–C) groups is 1. The molecule has 0 heterocycles. The van der Waals surface area contributed by atoms with Crippen molar-refractivity contribution >= 4 is 5.71 Å². The minimum atomic E-state index is -0.436. The highest BCUT2D eigenvalue weighted by atomic mass is 16.6. The van der Waals surface area contributed by atoms with Crippen LogP contribution in [0.3, 0.4) is 0 Å². The second-order valence-electron chi connectivity index (χ2n) is 4.82. The van der Waals surface area contributed by atoms with E-state index in [1.54, 1.807) is 0 Å². The lowest BCUT2D eigenvalue weighted by molar-refractivity contribution is -0.361. The maximum absolute atomic E-state index is 11.6. The van der Waals surface area contributed by atoms with Crippen LogP contribution in [-0.2, 0) is 4.74 Å². The quantitative estimate of drug-likeness (QED) is 0.624. The Hall–Kier alpha value is -2.55. The van der Waals surface area contributed by atoms with Gasteiger partial charge in [-0.2, -0.15) is 0 Å². The Morgan fingerprint density at radius 3 is 1.86 bits per heavy atom. The normalized spacial score (nSPS) is 11.3. The van der Waals surface area contributed by atoms with Crippen LogP contribution in [-0.4, -0.2) is 11.8 Å². The third kappa shape index (κ3) is 4.49. The molecule has 0 unspecified atom stereocenters. The van der Waals surface area contributed by atoms with Crippen LogP contribution >= 0.6 is 0 Å². The van der Waals surface area contributed by atoms with E-state index < -0.39 is 5.95 Å². The van der Waals surface area contributed by atoms with Crippen LogP contribution in [0.25, 0.3) is 0 Å². The average molecular weight is 280 g/mol. The summed E-state index contributed by atoms with van der Waals surface area (Å²) in [7, 11) is 0. The first-order valence-electron chi connectivity index (χ1n) is 6.89. The van der Waals surface area contributed by atoms with Gasteiger partial charge in [-0.15, -0.1) is 0 Å². The van der Waals surface area contributed by atoms with E-state index >= 15 is 0 Å². The molecule has 0 bridgehead atoms. The molecule has 0 aliphatic heterocycles. The van der Waals surface area contributed by atoms with Gasteiger partial charge >= 0.3 is 0 Å². The van der Waals surface area contributed by atoms with Gasteiger partial charge in [0.25, 0.3) is 0 Å². The molecule has 0 spiro atoms. The van der Waals surface area contributed by atoms with Crippen molar-refractivity contribution in [3.05, 3.63) is 83.9 Å². The van der Waals surface area contributed by atoms with Gasteiger partial charge in [0.15, 0.2) is 0 Å². The molecule has 0 radical (unpaired) electrons. The molecule has 0 atom stereocenters. The zero-order chi connectivity index (χ0) is 15.1. The number of hydrogen-bond acceptors (Lipinski definition) is 3. The van der Waals surface area contributed by atoms with E-state index in [2.05, 4.69) is 4.99 Å². The molecule has 2 aromatic rings. The first-order valence-corrected chi connectivity index (χ1v) is 6.89. The highest BCUT2D eigenvalue weighted by Crippen LogP contribution is 2.11. The van der Waals surface area contributed by atoms with Crippen LogP contribution in [0, 0.1) is 0 Å². The topological polar surface area (TPSA) is 44.6 Å². The molecule has 2 rings (SSSR count). The van der Waals surface area contributed by atoms with Crippen LogP contribution in [0.5, 0.6) is 0 Å². The Labute approximate surface area is 125 Å². The SMILES string of the molecule is CC(C)O/C([O-])=C/N=C(c1ccccc1)c1ccccc1. The summed E-state index contributed by atoms with van der Waals surface area (Å²) in [6, 6.07) is 19.5. The maximum atomic E-state index is 11.6. The standard InChI is InChI=1S/C18H19NO2/c1-14(2)21-17(20)13-19-18(15-9-5-3-6-10-15)16-11-7-4-8-12-16/h3-14,20H,1-2H3/p-1/b17-13+. The van der Waals surface area contributed by atoms with E-state index in [1.807, 2.05) is 74.5 Å². The van der Waals surface area contributed by atoms with Gasteiger partial charge in [-0.05, 0) is 6.10 Å². The molecule has 0 aliphatic rings. The fourth-order valence-corrected chi connectivity index (χ4v) is 1.89. The smallest absolute Gasteiger partial charge is 0.0774 e. The summed E-state index contributed by atoms with van der Waals surface area (Å²) >= 11 is 0. The number of benzene rings is 2. The maximum Gasteiger partial charge on any atom is 0.0774 e. The molecule has 0 N–H and O–H groups in total. The minimum absolute atomic E-state index is 0.152. The van der Waals surface area contributed by atoms with E-state index in [-0.39, 0.29) is 6.10 Å². The Balaban J connectivity index is 2.38. The molecule has 0 aromatic heterocycles. The van der Waals surface area contributed by atoms with Gasteiger partial charge in [-0.25, -0.2) is 0 Å². The molecule has 3 nitrogen and oxygen atoms in total. The second kappa shape index (κ2) is 7.29. The van der Waals surface area contributed by atoms with Crippen LogP contribution in [0.1, 0.15) is 25.0 Å². The third-order valence-electron chi connectivity index (χ3n) is 2.75. The summed E-state index contributed by atoms with van der Waals surface area (Å²) in [5, 5.41) is 11.6.